The number of aliphatic carboxylic acids is 1. The van der Waals surface area contributed by atoms with Crippen molar-refractivity contribution in [3.8, 4) is 0 Å². The molecule has 132 valence electrons. The Hall–Kier alpha value is -2.62. The summed E-state index contributed by atoms with van der Waals surface area (Å²) in [5, 5.41) is 8.28. The molecule has 4 N–H and O–H groups in total. The Balaban J connectivity index is 0.000000195. The average molecular weight is 353 g/mol. The lowest BCUT2D eigenvalue weighted by atomic mass is 9.44. The van der Waals surface area contributed by atoms with Gasteiger partial charge in [0.2, 0.25) is 0 Å². The topological polar surface area (TPSA) is 110 Å². The Kier molecular flexibility index (Phi) is 3.00. The second-order valence-electron chi connectivity index (χ2n) is 6.77. The number of carboxylic acids is 1. The zero-order valence-electron chi connectivity index (χ0n) is 12.8. The minimum atomic E-state index is -5.08. The van der Waals surface area contributed by atoms with Crippen LogP contribution >= 0.6 is 0 Å². The molecule has 25 heavy (non-hydrogen) atoms. The van der Waals surface area contributed by atoms with Crippen molar-refractivity contribution < 1.29 is 23.1 Å². The summed E-state index contributed by atoms with van der Waals surface area (Å²) >= 11 is 0. The summed E-state index contributed by atoms with van der Waals surface area (Å²) < 4.78 is 34.1. The van der Waals surface area contributed by atoms with E-state index in [0.717, 1.165) is 35.8 Å². The van der Waals surface area contributed by atoms with Crippen LogP contribution in [0, 0.1) is 0 Å². The van der Waals surface area contributed by atoms with Gasteiger partial charge in [-0.05, 0) is 25.3 Å². The van der Waals surface area contributed by atoms with E-state index in [2.05, 4.69) is 25.6 Å². The van der Waals surface area contributed by atoms with E-state index in [-0.39, 0.29) is 11.1 Å². The Bertz CT molecular complexity index is 970. The molecule has 0 radical (unpaired) electrons. The molecule has 0 atom stereocenters. The summed E-state index contributed by atoms with van der Waals surface area (Å²) in [5.74, 6) is -2.76. The molecule has 3 fully saturated rings. The van der Waals surface area contributed by atoms with E-state index in [0.29, 0.717) is 0 Å². The number of hydrogen-bond donors (Lipinski definition) is 3. The van der Waals surface area contributed by atoms with E-state index in [1.54, 1.807) is 0 Å². The van der Waals surface area contributed by atoms with Crippen LogP contribution in [0.1, 0.15) is 19.3 Å². The smallest absolute Gasteiger partial charge is 0.475 e. The van der Waals surface area contributed by atoms with E-state index < -0.39 is 12.1 Å². The minimum Gasteiger partial charge on any atom is -0.475 e. The molecule has 3 heterocycles. The number of aromatic amines is 1. The Morgan fingerprint density at radius 1 is 1.32 bits per heavy atom. The van der Waals surface area contributed by atoms with Crippen LogP contribution in [0.4, 0.5) is 13.2 Å². The lowest BCUT2D eigenvalue weighted by molar-refractivity contribution is -0.192. The van der Waals surface area contributed by atoms with E-state index >= 15 is 0 Å². The van der Waals surface area contributed by atoms with Gasteiger partial charge in [-0.25, -0.2) is 14.8 Å². The van der Waals surface area contributed by atoms with Gasteiger partial charge in [0, 0.05) is 17.1 Å². The van der Waals surface area contributed by atoms with Gasteiger partial charge in [0.1, 0.15) is 11.2 Å². The molecule has 6 rings (SSSR count). The van der Waals surface area contributed by atoms with Crippen molar-refractivity contribution in [3.63, 3.8) is 0 Å². The van der Waals surface area contributed by atoms with Crippen LogP contribution in [0.3, 0.4) is 0 Å². The van der Waals surface area contributed by atoms with Crippen molar-refractivity contribution >= 4 is 28.0 Å². The maximum atomic E-state index is 10.6. The molecule has 3 aromatic rings. The van der Waals surface area contributed by atoms with Crippen LogP contribution in [0.15, 0.2) is 24.8 Å². The molecule has 7 nitrogen and oxygen atoms in total. The van der Waals surface area contributed by atoms with Crippen LogP contribution in [-0.2, 0) is 10.3 Å². The third-order valence-electron chi connectivity index (χ3n) is 4.89. The first-order chi connectivity index (χ1) is 11.6. The molecule has 3 aliphatic rings. The zero-order valence-corrected chi connectivity index (χ0v) is 12.8. The van der Waals surface area contributed by atoms with E-state index in [1.807, 2.05) is 18.7 Å². The Morgan fingerprint density at radius 2 is 1.96 bits per heavy atom. The Morgan fingerprint density at radius 3 is 2.52 bits per heavy atom. The summed E-state index contributed by atoms with van der Waals surface area (Å²) in [4.78, 5) is 20.9. The van der Waals surface area contributed by atoms with Crippen LogP contribution < -0.4 is 5.73 Å². The van der Waals surface area contributed by atoms with Crippen molar-refractivity contribution in [1.82, 2.24) is 19.5 Å². The number of pyridine rings is 1. The normalized spacial score (nSPS) is 27.4. The largest absolute Gasteiger partial charge is 0.490 e. The number of nitrogens with two attached hydrogens (primary N) is 1. The molecule has 0 spiro atoms. The quantitative estimate of drug-likeness (QED) is 0.621. The van der Waals surface area contributed by atoms with Gasteiger partial charge in [-0.15, -0.1) is 0 Å². The monoisotopic (exact) mass is 353 g/mol. The number of imidazole rings is 1. The SMILES string of the molecule is NC12CC(n3cnc4cnc5[nH]ccc5c43)(C1)C2.O=C(O)C(F)(F)F. The fraction of sp³-hybridized carbons (Fsp3) is 0.400. The van der Waals surface area contributed by atoms with Gasteiger partial charge in [-0.2, -0.15) is 13.2 Å². The van der Waals surface area contributed by atoms with Gasteiger partial charge in [-0.3, -0.25) is 0 Å². The number of aromatic nitrogens is 4. The van der Waals surface area contributed by atoms with Gasteiger partial charge in [0.05, 0.1) is 23.6 Å². The highest BCUT2D eigenvalue weighted by molar-refractivity contribution is 6.01. The number of rotatable bonds is 1. The van der Waals surface area contributed by atoms with Crippen molar-refractivity contribution in [2.75, 3.05) is 0 Å². The number of fused-ring (bicyclic) bond motifs is 3. The first kappa shape index (κ1) is 15.9. The summed E-state index contributed by atoms with van der Waals surface area (Å²) in [7, 11) is 0. The standard InChI is InChI=1S/C13H13N5.C2HF3O2/c14-12-4-13(5-12,6-12)18-7-17-9-3-16-11-8(10(9)18)1-2-15-11;3-2(4,5)1(6)7/h1-3,7H,4-6,14H2,(H,15,16);(H,6,7). The van der Waals surface area contributed by atoms with Crippen LogP contribution in [0.25, 0.3) is 22.1 Å². The molecule has 10 heteroatoms. The fourth-order valence-electron chi connectivity index (χ4n) is 3.93. The van der Waals surface area contributed by atoms with Gasteiger partial charge in [0.15, 0.2) is 0 Å². The third-order valence-corrected chi connectivity index (χ3v) is 4.89. The number of alkyl halides is 3. The van der Waals surface area contributed by atoms with Crippen LogP contribution in [-0.4, -0.2) is 42.3 Å². The van der Waals surface area contributed by atoms with Crippen LogP contribution in [0.5, 0.6) is 0 Å². The molecule has 0 amide bonds. The highest BCUT2D eigenvalue weighted by Gasteiger charge is 2.67. The number of carboxylic acid groups (broad SMARTS) is 1. The molecular weight excluding hydrogens is 339 g/mol. The van der Waals surface area contributed by atoms with E-state index in [1.165, 1.54) is 5.52 Å². The van der Waals surface area contributed by atoms with Gasteiger partial charge in [-0.1, -0.05) is 0 Å². The number of nitrogens with one attached hydrogen (secondary N) is 1. The molecular formula is C15H14F3N5O2. The highest BCUT2D eigenvalue weighted by atomic mass is 19.4. The van der Waals surface area contributed by atoms with E-state index in [9.17, 15) is 13.2 Å². The molecule has 0 unspecified atom stereocenters. The summed E-state index contributed by atoms with van der Waals surface area (Å²) in [6.45, 7) is 0. The average Bonchev–Trinajstić information content (AvgIpc) is 3.08. The highest BCUT2D eigenvalue weighted by Crippen LogP contribution is 2.64. The zero-order chi connectivity index (χ0) is 18.0. The molecule has 3 saturated carbocycles. The number of nitrogens with zero attached hydrogens (tertiary/aromatic N) is 3. The molecule has 0 saturated heterocycles. The second kappa shape index (κ2) is 4.72. The molecule has 0 aromatic carbocycles. The van der Waals surface area contributed by atoms with Gasteiger partial charge < -0.3 is 20.4 Å². The molecule has 3 aliphatic carbocycles. The van der Waals surface area contributed by atoms with Crippen molar-refractivity contribution in [2.24, 2.45) is 5.73 Å². The number of halogens is 3. The van der Waals surface area contributed by atoms with E-state index in [4.69, 9.17) is 15.6 Å². The third kappa shape index (κ3) is 2.28. The van der Waals surface area contributed by atoms with Gasteiger partial charge >= 0.3 is 12.1 Å². The summed E-state index contributed by atoms with van der Waals surface area (Å²) in [6, 6.07) is 2.08. The van der Waals surface area contributed by atoms with Crippen molar-refractivity contribution in [3.05, 3.63) is 24.8 Å². The number of carbonyl (C=O) groups is 1. The maximum absolute atomic E-state index is 10.6. The number of hydrogen-bond acceptors (Lipinski definition) is 4. The molecule has 0 aliphatic heterocycles. The van der Waals surface area contributed by atoms with Crippen LogP contribution in [0.2, 0.25) is 0 Å². The van der Waals surface area contributed by atoms with Gasteiger partial charge in [0.25, 0.3) is 0 Å². The molecule has 2 bridgehead atoms. The minimum absolute atomic E-state index is 0.112. The predicted octanol–water partition coefficient (Wildman–Crippen LogP) is 2.14. The van der Waals surface area contributed by atoms with Crippen molar-refractivity contribution in [2.45, 2.75) is 36.5 Å². The Labute approximate surface area is 138 Å². The predicted molar refractivity (Wildman–Crippen MR) is 81.8 cm³/mol. The molecule has 3 aromatic heterocycles. The van der Waals surface area contributed by atoms with Crippen molar-refractivity contribution in [1.29, 1.82) is 0 Å². The first-order valence-corrected chi connectivity index (χ1v) is 7.52. The summed E-state index contributed by atoms with van der Waals surface area (Å²) in [5.41, 5.74) is 9.60. The summed E-state index contributed by atoms with van der Waals surface area (Å²) in [6.07, 6.45) is 3.89. The second-order valence-corrected chi connectivity index (χ2v) is 6.77. The number of H-pyrrole nitrogens is 1. The fourth-order valence-corrected chi connectivity index (χ4v) is 3.93. The maximum Gasteiger partial charge on any atom is 0.490 e. The lowest BCUT2D eigenvalue weighted by Gasteiger charge is -2.69. The first-order valence-electron chi connectivity index (χ1n) is 7.52. The lowest BCUT2D eigenvalue weighted by Crippen LogP contribution is -2.76.